The molecule has 490 valence electrons. The van der Waals surface area contributed by atoms with Crippen LogP contribution >= 0.6 is 0 Å². The van der Waals surface area contributed by atoms with Gasteiger partial charge in [-0.2, -0.15) is 0 Å². The molecule has 2 N–H and O–H groups in total. The molecule has 5 aliphatic rings. The molecule has 5 aliphatic heterocycles. The Balaban J connectivity index is 0.00000333. The zero-order valence-corrected chi connectivity index (χ0v) is 60.6. The number of likely N-dealkylation sites (N-methyl/N-ethyl adjacent to an activating group) is 3. The number of ether oxygens (including phenoxy) is 7. The minimum Gasteiger partial charge on any atom is -1.00 e. The summed E-state index contributed by atoms with van der Waals surface area (Å²) in [5.74, 6) is 3.37. The molecule has 8 heterocycles. The van der Waals surface area contributed by atoms with Crippen molar-refractivity contribution in [2.75, 3.05) is 146 Å². The van der Waals surface area contributed by atoms with Gasteiger partial charge in [0.25, 0.3) is 0 Å². The predicted molar refractivity (Wildman–Crippen MR) is 360 cm³/mol. The van der Waals surface area contributed by atoms with Gasteiger partial charge in [0.05, 0.1) is 90.2 Å². The smallest absolute Gasteiger partial charge is 0.137 e. The van der Waals surface area contributed by atoms with Crippen LogP contribution in [0.3, 0.4) is 0 Å². The number of morpholine rings is 3. The van der Waals surface area contributed by atoms with Gasteiger partial charge in [0, 0.05) is 44.3 Å². The first-order valence-electron chi connectivity index (χ1n) is 32.9. The number of nitrogens with one attached hydrogen (secondary N) is 2. The number of hydrogen-bond donors (Lipinski definition) is 2. The van der Waals surface area contributed by atoms with Crippen LogP contribution in [0, 0.1) is 0 Å². The SMILES string of the molecule is CCCCCCCCCCOc1ccc(-c2c3nc(c(-c4ccc(OCC[N+]5(C)CCOCC5)cc4)c4ccc([nH]4)c(-c4ccc(OCC[N+]5(C)CCOCC5)cc4)c4nc(c(-c5ccc(OCC[N+]6(C)CCOCC6)cc5)c5ccc2[nH]5)C=C4)C=C3)cc1.[I-].[I-].[I-]. The number of aromatic nitrogens is 4. The van der Waals surface area contributed by atoms with E-state index in [9.17, 15) is 0 Å². The van der Waals surface area contributed by atoms with Gasteiger partial charge in [0.2, 0.25) is 0 Å². The number of unbranched alkanes of at least 4 members (excludes halogenated alkanes) is 7. The van der Waals surface area contributed by atoms with Crippen molar-refractivity contribution in [2.45, 2.75) is 58.3 Å². The largest absolute Gasteiger partial charge is 1.00 e. The quantitative estimate of drug-likeness (QED) is 0.0416. The summed E-state index contributed by atoms with van der Waals surface area (Å²) in [5.41, 5.74) is 15.0. The van der Waals surface area contributed by atoms with Crippen LogP contribution in [0.1, 0.15) is 81.1 Å². The highest BCUT2D eigenvalue weighted by Gasteiger charge is 2.28. The maximum Gasteiger partial charge on any atom is 0.137 e. The maximum atomic E-state index is 6.45. The van der Waals surface area contributed by atoms with Crippen molar-refractivity contribution >= 4 is 46.4 Å². The summed E-state index contributed by atoms with van der Waals surface area (Å²) < 4.78 is 45.6. The fourth-order valence-electron chi connectivity index (χ4n) is 12.9. The van der Waals surface area contributed by atoms with E-state index >= 15 is 0 Å². The molecular formula is C75H92I3N7O7. The molecule has 4 aromatic carbocycles. The molecule has 3 saturated heterocycles. The zero-order chi connectivity index (χ0) is 60.9. The lowest BCUT2D eigenvalue weighted by Crippen LogP contribution is -3.00. The van der Waals surface area contributed by atoms with E-state index in [-0.39, 0.29) is 71.9 Å². The van der Waals surface area contributed by atoms with E-state index in [2.05, 4.69) is 184 Å². The van der Waals surface area contributed by atoms with Crippen LogP contribution in [-0.4, -0.2) is 179 Å². The van der Waals surface area contributed by atoms with Crippen LogP contribution in [0.5, 0.6) is 23.0 Å². The Kier molecular flexibility index (Phi) is 26.1. The molecule has 92 heavy (non-hydrogen) atoms. The highest BCUT2D eigenvalue weighted by Crippen LogP contribution is 2.40. The van der Waals surface area contributed by atoms with Crippen molar-refractivity contribution in [3.8, 4) is 67.5 Å². The van der Waals surface area contributed by atoms with Gasteiger partial charge in [-0.05, 0) is 126 Å². The summed E-state index contributed by atoms with van der Waals surface area (Å²) in [6.45, 7) is 18.3. The highest BCUT2D eigenvalue weighted by molar-refractivity contribution is 6.00. The van der Waals surface area contributed by atoms with Gasteiger partial charge in [-0.3, -0.25) is 0 Å². The van der Waals surface area contributed by atoms with Crippen molar-refractivity contribution < 1.29 is 119 Å². The minimum atomic E-state index is 0. The number of quaternary nitrogens is 3. The van der Waals surface area contributed by atoms with Gasteiger partial charge in [0.15, 0.2) is 0 Å². The molecule has 0 amide bonds. The fourth-order valence-corrected chi connectivity index (χ4v) is 12.9. The number of nitrogens with zero attached hydrogens (tertiary/aromatic N) is 5. The second-order valence-corrected chi connectivity index (χ2v) is 25.7. The van der Waals surface area contributed by atoms with Crippen LogP contribution in [0.25, 0.3) is 90.9 Å². The lowest BCUT2D eigenvalue weighted by Gasteiger charge is -2.37. The number of benzene rings is 4. The molecule has 3 fully saturated rings. The fraction of sp³-hybridized carbons (Fsp3) is 0.413. The molecule has 0 radical (unpaired) electrons. The molecule has 8 bridgehead atoms. The van der Waals surface area contributed by atoms with Crippen molar-refractivity contribution in [3.05, 3.63) is 144 Å². The average Bonchev–Trinajstić information content (AvgIpc) is 1.62. The molecule has 0 unspecified atom stereocenters. The van der Waals surface area contributed by atoms with E-state index < -0.39 is 0 Å². The van der Waals surface area contributed by atoms with E-state index in [4.69, 9.17) is 43.1 Å². The normalized spacial score (nSPS) is 16.2. The Morgan fingerprint density at radius 2 is 0.587 bits per heavy atom. The molecule has 14 nitrogen and oxygen atoms in total. The number of fused-ring (bicyclic) bond motifs is 8. The summed E-state index contributed by atoms with van der Waals surface area (Å²) in [6, 6.07) is 42.8. The molecule has 3 aromatic heterocycles. The molecule has 17 heteroatoms. The first-order chi connectivity index (χ1) is 43.6. The van der Waals surface area contributed by atoms with Crippen molar-refractivity contribution in [2.24, 2.45) is 0 Å². The molecule has 0 spiro atoms. The first kappa shape index (κ1) is 70.9. The Morgan fingerprint density at radius 3 is 0.859 bits per heavy atom. The molecule has 12 rings (SSSR count). The highest BCUT2D eigenvalue weighted by atomic mass is 127. The molecule has 7 aromatic rings. The Labute approximate surface area is 595 Å². The second-order valence-electron chi connectivity index (χ2n) is 25.7. The number of H-pyrrole nitrogens is 2. The van der Waals surface area contributed by atoms with Gasteiger partial charge in [0.1, 0.15) is 102 Å². The van der Waals surface area contributed by atoms with E-state index in [0.29, 0.717) is 26.4 Å². The molecule has 0 aliphatic carbocycles. The van der Waals surface area contributed by atoms with Gasteiger partial charge >= 0.3 is 0 Å². The number of rotatable bonds is 26. The van der Waals surface area contributed by atoms with Crippen molar-refractivity contribution in [1.29, 1.82) is 0 Å². The van der Waals surface area contributed by atoms with Crippen molar-refractivity contribution in [1.82, 2.24) is 19.9 Å². The monoisotopic (exact) mass is 1580 g/mol. The summed E-state index contributed by atoms with van der Waals surface area (Å²) >= 11 is 0. The van der Waals surface area contributed by atoms with Crippen LogP contribution in [-0.2, 0) is 14.2 Å². The van der Waals surface area contributed by atoms with Crippen LogP contribution in [0.15, 0.2) is 121 Å². The van der Waals surface area contributed by atoms with E-state index in [1.54, 1.807) is 0 Å². The maximum absolute atomic E-state index is 6.45. The third-order valence-electron chi connectivity index (χ3n) is 18.9. The topological polar surface area (TPSA) is 122 Å². The third-order valence-corrected chi connectivity index (χ3v) is 18.9. The zero-order valence-electron chi connectivity index (χ0n) is 54.2. The summed E-state index contributed by atoms with van der Waals surface area (Å²) in [5, 5.41) is 0. The van der Waals surface area contributed by atoms with E-state index in [1.165, 1.54) is 44.9 Å². The summed E-state index contributed by atoms with van der Waals surface area (Å²) in [7, 11) is 6.89. The standard InChI is InChI=1S/C75H92N7O7.3HI/c1-5-6-7-8-9-10-11-12-46-86-60-21-13-56(14-22-60)72-64-29-31-66(76-64)73(57-15-23-61(24-16-57)87-53-43-80(2)37-47-83-48-38-80)68-33-35-70(78-68)75(59-19-27-63(28-20-59)89-55-45-82(4)41-51-85-52-42-82)71-36-34-69(79-71)74(67-32-30-65(72)77-67)58-17-25-62(26-18-58)88-54-44-81(3)39-49-84-50-40-81;;;/h13-36,76,79H,5-12,37-55H2,1-4H3;3*1H/q+3;;;/p-3. The summed E-state index contributed by atoms with van der Waals surface area (Å²) in [4.78, 5) is 19.1. The van der Waals surface area contributed by atoms with Gasteiger partial charge in [-0.1, -0.05) is 100 Å². The Bertz CT molecular complexity index is 3650. The lowest BCUT2D eigenvalue weighted by molar-refractivity contribution is -0.916. The molecule has 0 atom stereocenters. The predicted octanol–water partition coefficient (Wildman–Crippen LogP) is 5.42. The molecule has 0 saturated carbocycles. The lowest BCUT2D eigenvalue weighted by atomic mass is 10.0. The van der Waals surface area contributed by atoms with Crippen molar-refractivity contribution in [3.63, 3.8) is 0 Å². The number of hydrogen-bond acceptors (Lipinski definition) is 9. The number of halogens is 3. The number of aromatic amines is 2. The van der Waals surface area contributed by atoms with Crippen LogP contribution in [0.4, 0.5) is 0 Å². The first-order valence-corrected chi connectivity index (χ1v) is 32.9. The Morgan fingerprint density at radius 1 is 0.337 bits per heavy atom. The third kappa shape index (κ3) is 18.1. The van der Waals surface area contributed by atoms with E-state index in [1.807, 2.05) is 0 Å². The summed E-state index contributed by atoms with van der Waals surface area (Å²) in [6.07, 6.45) is 18.7. The Hall–Kier alpha value is -5.37. The molecular weight excluding hydrogens is 1490 g/mol. The average molecular weight is 1580 g/mol. The second kappa shape index (κ2) is 33.8. The van der Waals surface area contributed by atoms with E-state index in [0.717, 1.165) is 231 Å². The van der Waals surface area contributed by atoms with Crippen LogP contribution in [0.2, 0.25) is 0 Å². The van der Waals surface area contributed by atoms with Crippen LogP contribution < -0.4 is 90.9 Å². The van der Waals surface area contributed by atoms with Gasteiger partial charge in [-0.15, -0.1) is 0 Å². The minimum absolute atomic E-state index is 0. The van der Waals surface area contributed by atoms with Gasteiger partial charge in [-0.25, -0.2) is 9.97 Å². The van der Waals surface area contributed by atoms with Gasteiger partial charge < -0.3 is 129 Å².